The molecule has 1 heterocycles. The molecule has 7 heteroatoms. The van der Waals surface area contributed by atoms with E-state index in [9.17, 15) is 0 Å². The summed E-state index contributed by atoms with van der Waals surface area (Å²) in [4.78, 5) is 2.49. The number of hydrogen-bond donors (Lipinski definition) is 5. The van der Waals surface area contributed by atoms with Crippen molar-refractivity contribution in [2.24, 2.45) is 17.2 Å². The number of hydrogen-bond acceptors (Lipinski definition) is 7. The first kappa shape index (κ1) is 25.6. The van der Waals surface area contributed by atoms with E-state index in [0.717, 1.165) is 71.8 Å². The van der Waals surface area contributed by atoms with Crippen LogP contribution in [0.2, 0.25) is 0 Å². The zero-order valence-electron chi connectivity index (χ0n) is 19.9. The molecule has 1 saturated carbocycles. The number of benzene rings is 1. The van der Waals surface area contributed by atoms with Crippen molar-refractivity contribution in [1.29, 1.82) is 0 Å². The lowest BCUT2D eigenvalue weighted by Gasteiger charge is -2.34. The second-order valence-electron chi connectivity index (χ2n) is 9.38. The highest BCUT2D eigenvalue weighted by molar-refractivity contribution is 5.36. The predicted octanol–water partition coefficient (Wildman–Crippen LogP) is 1.42. The molecule has 1 aromatic carbocycles. The minimum Gasteiger partial charge on any atom is -0.371 e. The molecule has 7 nitrogen and oxygen atoms in total. The van der Waals surface area contributed by atoms with Crippen LogP contribution >= 0.6 is 0 Å². The van der Waals surface area contributed by atoms with Crippen molar-refractivity contribution in [1.82, 2.24) is 15.5 Å². The van der Waals surface area contributed by atoms with Gasteiger partial charge in [0.1, 0.15) is 0 Å². The summed E-state index contributed by atoms with van der Waals surface area (Å²) in [5.41, 5.74) is 21.3. The number of nitrogens with one attached hydrogen (secondary N) is 2. The molecule has 0 radical (unpaired) electrons. The fourth-order valence-corrected chi connectivity index (χ4v) is 5.19. The maximum absolute atomic E-state index is 6.18. The molecule has 1 saturated heterocycles. The Morgan fingerprint density at radius 2 is 1.91 bits per heavy atom. The lowest BCUT2D eigenvalue weighted by molar-refractivity contribution is -0.0300. The Morgan fingerprint density at radius 3 is 2.72 bits per heavy atom. The second-order valence-corrected chi connectivity index (χ2v) is 9.38. The van der Waals surface area contributed by atoms with Crippen molar-refractivity contribution in [3.63, 3.8) is 0 Å². The molecule has 8 N–H and O–H groups in total. The van der Waals surface area contributed by atoms with Gasteiger partial charge in [-0.05, 0) is 80.9 Å². The molecule has 1 aliphatic carbocycles. The van der Waals surface area contributed by atoms with E-state index in [-0.39, 0.29) is 6.10 Å². The van der Waals surface area contributed by atoms with Gasteiger partial charge < -0.3 is 32.6 Å². The molecule has 32 heavy (non-hydrogen) atoms. The van der Waals surface area contributed by atoms with Crippen LogP contribution in [0.5, 0.6) is 0 Å². The van der Waals surface area contributed by atoms with Crippen molar-refractivity contribution in [3.05, 3.63) is 34.9 Å². The quantitative estimate of drug-likeness (QED) is 0.291. The van der Waals surface area contributed by atoms with Crippen LogP contribution in [0, 0.1) is 0 Å². The van der Waals surface area contributed by atoms with E-state index in [4.69, 9.17) is 21.9 Å². The lowest BCUT2D eigenvalue weighted by atomic mass is 9.79. The van der Waals surface area contributed by atoms with E-state index in [1.54, 1.807) is 0 Å². The van der Waals surface area contributed by atoms with E-state index in [1.165, 1.54) is 42.4 Å². The molecule has 2 aliphatic rings. The maximum Gasteiger partial charge on any atom is 0.0952 e. The Labute approximate surface area is 194 Å². The van der Waals surface area contributed by atoms with Crippen LogP contribution in [0.15, 0.2) is 18.2 Å². The molecule has 0 spiro atoms. The standard InChI is InChI=1S/C25H46N6O/c26-8-2-11-30-23-5-1-4-20(17-23)24-7-6-21(16-22(24)18-29-12-10-28)25-19-31(13-3-9-27)14-15-32-25/h6-7,16,20,23,25,29-30H,1-5,8-15,17-19,26-28H2. The molecule has 1 aromatic rings. The van der Waals surface area contributed by atoms with Crippen LogP contribution in [0.25, 0.3) is 0 Å². The first-order chi connectivity index (χ1) is 15.7. The topological polar surface area (TPSA) is 115 Å². The minimum absolute atomic E-state index is 0.140. The van der Waals surface area contributed by atoms with E-state index < -0.39 is 0 Å². The van der Waals surface area contributed by atoms with Crippen molar-refractivity contribution < 1.29 is 4.74 Å². The molecule has 0 bridgehead atoms. The molecule has 3 atom stereocenters. The van der Waals surface area contributed by atoms with Gasteiger partial charge in [-0.1, -0.05) is 24.6 Å². The third kappa shape index (κ3) is 7.76. The molecule has 1 aliphatic heterocycles. The normalized spacial score (nSPS) is 24.7. The third-order valence-corrected chi connectivity index (χ3v) is 6.93. The Morgan fingerprint density at radius 1 is 1.03 bits per heavy atom. The molecule has 2 fully saturated rings. The van der Waals surface area contributed by atoms with E-state index in [1.807, 2.05) is 0 Å². The number of rotatable bonds is 13. The molecule has 0 aromatic heterocycles. The summed E-state index contributed by atoms with van der Waals surface area (Å²) < 4.78 is 6.18. The summed E-state index contributed by atoms with van der Waals surface area (Å²) >= 11 is 0. The second kappa shape index (κ2) is 14.3. The Hall–Kier alpha value is -1.06. The summed E-state index contributed by atoms with van der Waals surface area (Å²) in [6.45, 7) is 8.69. The van der Waals surface area contributed by atoms with Gasteiger partial charge in [0, 0.05) is 38.8 Å². The largest absolute Gasteiger partial charge is 0.371 e. The molecular weight excluding hydrogens is 400 g/mol. The van der Waals surface area contributed by atoms with E-state index in [0.29, 0.717) is 18.5 Å². The number of nitrogens with zero attached hydrogens (tertiary/aromatic N) is 1. The molecule has 3 rings (SSSR count). The number of morpholine rings is 1. The predicted molar refractivity (Wildman–Crippen MR) is 133 cm³/mol. The third-order valence-electron chi connectivity index (χ3n) is 6.93. The number of nitrogens with two attached hydrogens (primary N) is 3. The maximum atomic E-state index is 6.18. The average molecular weight is 447 g/mol. The van der Waals surface area contributed by atoms with Crippen LogP contribution in [0.1, 0.15) is 67.2 Å². The van der Waals surface area contributed by atoms with Crippen LogP contribution in [-0.2, 0) is 11.3 Å². The fourth-order valence-electron chi connectivity index (χ4n) is 5.19. The van der Waals surface area contributed by atoms with Gasteiger partial charge in [-0.3, -0.25) is 4.90 Å². The Bertz CT molecular complexity index is 657. The van der Waals surface area contributed by atoms with Gasteiger partial charge in [-0.15, -0.1) is 0 Å². The van der Waals surface area contributed by atoms with E-state index in [2.05, 4.69) is 33.7 Å². The monoisotopic (exact) mass is 446 g/mol. The summed E-state index contributed by atoms with van der Waals surface area (Å²) in [5.74, 6) is 0.608. The SMILES string of the molecule is NCCCNC1CCCC(c2ccc(C3CN(CCCN)CCO3)cc2CNCCN)C1. The molecule has 3 unspecified atom stereocenters. The van der Waals surface area contributed by atoms with Crippen molar-refractivity contribution in [2.45, 2.75) is 63.1 Å². The van der Waals surface area contributed by atoms with Crippen LogP contribution in [-0.4, -0.2) is 69.9 Å². The van der Waals surface area contributed by atoms with E-state index >= 15 is 0 Å². The van der Waals surface area contributed by atoms with Crippen LogP contribution in [0.3, 0.4) is 0 Å². The van der Waals surface area contributed by atoms with Gasteiger partial charge >= 0.3 is 0 Å². The van der Waals surface area contributed by atoms with Gasteiger partial charge in [-0.25, -0.2) is 0 Å². The highest BCUT2D eigenvalue weighted by Crippen LogP contribution is 2.36. The van der Waals surface area contributed by atoms with Gasteiger partial charge in [-0.2, -0.15) is 0 Å². The number of ether oxygens (including phenoxy) is 1. The summed E-state index contributed by atoms with van der Waals surface area (Å²) in [5, 5.41) is 7.26. The minimum atomic E-state index is 0.140. The van der Waals surface area contributed by atoms with Gasteiger partial charge in [0.25, 0.3) is 0 Å². The average Bonchev–Trinajstić information content (AvgIpc) is 2.83. The zero-order chi connectivity index (χ0) is 22.6. The van der Waals surface area contributed by atoms with Crippen LogP contribution < -0.4 is 27.8 Å². The van der Waals surface area contributed by atoms with Crippen molar-refractivity contribution >= 4 is 0 Å². The summed E-state index contributed by atoms with van der Waals surface area (Å²) in [7, 11) is 0. The highest BCUT2D eigenvalue weighted by Gasteiger charge is 2.26. The van der Waals surface area contributed by atoms with Gasteiger partial charge in [0.2, 0.25) is 0 Å². The van der Waals surface area contributed by atoms with Crippen molar-refractivity contribution in [2.75, 3.05) is 59.0 Å². The fraction of sp³-hybridized carbons (Fsp3) is 0.760. The first-order valence-corrected chi connectivity index (χ1v) is 12.8. The molecular formula is C25H46N6O. The van der Waals surface area contributed by atoms with Gasteiger partial charge in [0.05, 0.1) is 12.7 Å². The van der Waals surface area contributed by atoms with Crippen LogP contribution in [0.4, 0.5) is 0 Å². The first-order valence-electron chi connectivity index (χ1n) is 12.8. The zero-order valence-corrected chi connectivity index (χ0v) is 19.9. The highest BCUT2D eigenvalue weighted by atomic mass is 16.5. The van der Waals surface area contributed by atoms with Gasteiger partial charge in [0.15, 0.2) is 0 Å². The molecule has 0 amide bonds. The Balaban J connectivity index is 1.71. The Kier molecular flexibility index (Phi) is 11.4. The lowest BCUT2D eigenvalue weighted by Crippen LogP contribution is -2.39. The smallest absolute Gasteiger partial charge is 0.0952 e. The van der Waals surface area contributed by atoms with Crippen molar-refractivity contribution in [3.8, 4) is 0 Å². The summed E-state index contributed by atoms with van der Waals surface area (Å²) in [6.07, 6.45) is 7.26. The molecule has 182 valence electrons. The summed E-state index contributed by atoms with van der Waals surface area (Å²) in [6, 6.07) is 7.68.